The van der Waals surface area contributed by atoms with Gasteiger partial charge in [0.05, 0.1) is 12.8 Å². The van der Waals surface area contributed by atoms with Crippen LogP contribution in [0.25, 0.3) is 6.08 Å². The second-order valence-corrected chi connectivity index (χ2v) is 4.95. The summed E-state index contributed by atoms with van der Waals surface area (Å²) >= 11 is 0. The molecule has 2 aromatic rings. The SMILES string of the molecule is O=C(C=Cc1ccc2c(c1)CCO2)NCCc1cn[nH]c1. The summed E-state index contributed by atoms with van der Waals surface area (Å²) in [4.78, 5) is 11.7. The molecule has 0 bridgehead atoms. The summed E-state index contributed by atoms with van der Waals surface area (Å²) in [5, 5.41) is 9.46. The van der Waals surface area contributed by atoms with Gasteiger partial charge >= 0.3 is 0 Å². The Morgan fingerprint density at radius 2 is 2.43 bits per heavy atom. The summed E-state index contributed by atoms with van der Waals surface area (Å²) in [6.45, 7) is 1.34. The average molecular weight is 283 g/mol. The average Bonchev–Trinajstić information content (AvgIpc) is 3.15. The van der Waals surface area contributed by atoms with Gasteiger partial charge in [-0.2, -0.15) is 5.10 Å². The van der Waals surface area contributed by atoms with Crippen molar-refractivity contribution < 1.29 is 9.53 Å². The molecule has 3 rings (SSSR count). The molecule has 0 radical (unpaired) electrons. The van der Waals surface area contributed by atoms with Crippen molar-refractivity contribution >= 4 is 12.0 Å². The largest absolute Gasteiger partial charge is 0.493 e. The summed E-state index contributed by atoms with van der Waals surface area (Å²) in [7, 11) is 0. The lowest BCUT2D eigenvalue weighted by atomic mass is 10.1. The third-order valence-electron chi connectivity index (χ3n) is 3.41. The summed E-state index contributed by atoms with van der Waals surface area (Å²) in [6.07, 6.45) is 8.68. The van der Waals surface area contributed by atoms with Crippen LogP contribution in [0.4, 0.5) is 0 Å². The highest BCUT2D eigenvalue weighted by Crippen LogP contribution is 2.26. The lowest BCUT2D eigenvalue weighted by Crippen LogP contribution is -2.23. The number of nitrogens with zero attached hydrogens (tertiary/aromatic N) is 1. The number of nitrogens with one attached hydrogen (secondary N) is 2. The Morgan fingerprint density at radius 3 is 3.29 bits per heavy atom. The van der Waals surface area contributed by atoms with Crippen LogP contribution in [0, 0.1) is 0 Å². The van der Waals surface area contributed by atoms with Crippen LogP contribution < -0.4 is 10.1 Å². The fourth-order valence-corrected chi connectivity index (χ4v) is 2.29. The molecule has 1 aliphatic heterocycles. The van der Waals surface area contributed by atoms with Crippen molar-refractivity contribution in [3.8, 4) is 5.75 Å². The zero-order valence-electron chi connectivity index (χ0n) is 11.6. The van der Waals surface area contributed by atoms with Gasteiger partial charge in [0.15, 0.2) is 0 Å². The van der Waals surface area contributed by atoms with Gasteiger partial charge in [-0.15, -0.1) is 0 Å². The Morgan fingerprint density at radius 1 is 1.48 bits per heavy atom. The van der Waals surface area contributed by atoms with Crippen LogP contribution in [0.1, 0.15) is 16.7 Å². The maximum Gasteiger partial charge on any atom is 0.244 e. The highest BCUT2D eigenvalue weighted by atomic mass is 16.5. The van der Waals surface area contributed by atoms with Crippen LogP contribution in [-0.4, -0.2) is 29.3 Å². The molecule has 1 aromatic heterocycles. The van der Waals surface area contributed by atoms with Gasteiger partial charge in [-0.25, -0.2) is 0 Å². The Hall–Kier alpha value is -2.56. The van der Waals surface area contributed by atoms with E-state index in [2.05, 4.69) is 21.6 Å². The molecule has 0 saturated carbocycles. The first-order valence-electron chi connectivity index (χ1n) is 7.00. The summed E-state index contributed by atoms with van der Waals surface area (Å²) in [5.41, 5.74) is 3.31. The van der Waals surface area contributed by atoms with Gasteiger partial charge in [-0.3, -0.25) is 9.89 Å². The molecule has 0 spiro atoms. The lowest BCUT2D eigenvalue weighted by Gasteiger charge is -2.01. The van der Waals surface area contributed by atoms with Crippen molar-refractivity contribution in [2.24, 2.45) is 0 Å². The number of ether oxygens (including phenoxy) is 1. The van der Waals surface area contributed by atoms with Gasteiger partial charge in [-0.1, -0.05) is 6.07 Å². The van der Waals surface area contributed by atoms with Crippen molar-refractivity contribution in [2.45, 2.75) is 12.8 Å². The summed E-state index contributed by atoms with van der Waals surface area (Å²) in [5.74, 6) is 0.868. The van der Waals surface area contributed by atoms with E-state index < -0.39 is 0 Å². The predicted molar refractivity (Wildman–Crippen MR) is 80.0 cm³/mol. The standard InChI is InChI=1S/C16H17N3O2/c20-16(17-7-5-13-10-18-19-11-13)4-2-12-1-3-15-14(9-12)6-8-21-15/h1-4,9-11H,5-8H2,(H,17,20)(H,18,19). The Balaban J connectivity index is 1.50. The minimum absolute atomic E-state index is 0.0877. The van der Waals surface area contributed by atoms with Crippen LogP contribution in [0.15, 0.2) is 36.7 Å². The van der Waals surface area contributed by atoms with Gasteiger partial charge < -0.3 is 10.1 Å². The molecule has 108 valence electrons. The number of hydrogen-bond acceptors (Lipinski definition) is 3. The highest BCUT2D eigenvalue weighted by molar-refractivity contribution is 5.91. The van der Waals surface area contributed by atoms with E-state index in [1.54, 1.807) is 12.3 Å². The first-order valence-corrected chi connectivity index (χ1v) is 7.00. The molecule has 0 atom stereocenters. The number of aromatic amines is 1. The van der Waals surface area contributed by atoms with Gasteiger partial charge in [0.25, 0.3) is 0 Å². The van der Waals surface area contributed by atoms with E-state index in [0.29, 0.717) is 6.54 Å². The molecule has 0 unspecified atom stereocenters. The lowest BCUT2D eigenvalue weighted by molar-refractivity contribution is -0.116. The summed E-state index contributed by atoms with van der Waals surface area (Å²) in [6, 6.07) is 5.98. The second kappa shape index (κ2) is 6.26. The van der Waals surface area contributed by atoms with E-state index in [4.69, 9.17) is 4.74 Å². The number of H-pyrrole nitrogens is 1. The van der Waals surface area contributed by atoms with Crippen LogP contribution in [0.2, 0.25) is 0 Å². The number of amides is 1. The molecule has 5 heteroatoms. The number of benzene rings is 1. The second-order valence-electron chi connectivity index (χ2n) is 4.95. The first kappa shape index (κ1) is 13.4. The van der Waals surface area contributed by atoms with E-state index in [9.17, 15) is 4.79 Å². The van der Waals surface area contributed by atoms with Crippen molar-refractivity contribution in [1.82, 2.24) is 15.5 Å². The van der Waals surface area contributed by atoms with Crippen molar-refractivity contribution in [2.75, 3.05) is 13.2 Å². The molecule has 2 N–H and O–H groups in total. The number of carbonyl (C=O) groups excluding carboxylic acids is 1. The van der Waals surface area contributed by atoms with Gasteiger partial charge in [0.1, 0.15) is 5.75 Å². The molecule has 2 heterocycles. The zero-order chi connectivity index (χ0) is 14.5. The molecule has 5 nitrogen and oxygen atoms in total. The van der Waals surface area contributed by atoms with Crippen LogP contribution in [0.3, 0.4) is 0 Å². The molecule has 1 aliphatic rings. The van der Waals surface area contributed by atoms with Crippen molar-refractivity contribution in [3.63, 3.8) is 0 Å². The topological polar surface area (TPSA) is 67.0 Å². The molecular formula is C16H17N3O2. The van der Waals surface area contributed by atoms with Gasteiger partial charge in [-0.05, 0) is 41.3 Å². The van der Waals surface area contributed by atoms with E-state index in [1.807, 2.05) is 24.4 Å². The summed E-state index contributed by atoms with van der Waals surface area (Å²) < 4.78 is 5.46. The van der Waals surface area contributed by atoms with E-state index in [-0.39, 0.29) is 5.91 Å². The Bertz CT molecular complexity index is 648. The molecule has 0 aliphatic carbocycles. The van der Waals surface area contributed by atoms with E-state index >= 15 is 0 Å². The molecule has 1 aromatic carbocycles. The molecule has 0 fully saturated rings. The molecule has 1 amide bonds. The maximum atomic E-state index is 11.7. The van der Waals surface area contributed by atoms with Crippen LogP contribution >= 0.6 is 0 Å². The smallest absolute Gasteiger partial charge is 0.244 e. The first-order chi connectivity index (χ1) is 10.3. The fourth-order valence-electron chi connectivity index (χ4n) is 2.29. The molecule has 0 saturated heterocycles. The quantitative estimate of drug-likeness (QED) is 0.821. The van der Waals surface area contributed by atoms with Crippen LogP contribution in [0.5, 0.6) is 5.75 Å². The maximum absolute atomic E-state index is 11.7. The molecule has 21 heavy (non-hydrogen) atoms. The van der Waals surface area contributed by atoms with E-state index in [0.717, 1.165) is 36.3 Å². The minimum atomic E-state index is -0.0877. The molecular weight excluding hydrogens is 266 g/mol. The minimum Gasteiger partial charge on any atom is -0.493 e. The van der Waals surface area contributed by atoms with E-state index in [1.165, 1.54) is 5.56 Å². The number of aromatic nitrogens is 2. The predicted octanol–water partition coefficient (Wildman–Crippen LogP) is 1.72. The number of hydrogen-bond donors (Lipinski definition) is 2. The van der Waals surface area contributed by atoms with Crippen molar-refractivity contribution in [3.05, 3.63) is 53.4 Å². The number of fused-ring (bicyclic) bond motifs is 1. The third-order valence-corrected chi connectivity index (χ3v) is 3.41. The van der Waals surface area contributed by atoms with Gasteiger partial charge in [0.2, 0.25) is 5.91 Å². The fraction of sp³-hybridized carbons (Fsp3) is 0.250. The highest BCUT2D eigenvalue weighted by Gasteiger charge is 2.11. The van der Waals surface area contributed by atoms with Gasteiger partial charge in [0, 0.05) is 25.2 Å². The monoisotopic (exact) mass is 283 g/mol. The normalized spacial score (nSPS) is 13.1. The zero-order valence-corrected chi connectivity index (χ0v) is 11.6. The third kappa shape index (κ3) is 3.51. The Labute approximate surface area is 123 Å². The Kier molecular flexibility index (Phi) is 4.00. The number of carbonyl (C=O) groups is 1. The van der Waals surface area contributed by atoms with Crippen LogP contribution in [-0.2, 0) is 17.6 Å². The van der Waals surface area contributed by atoms with Crippen molar-refractivity contribution in [1.29, 1.82) is 0 Å². The number of rotatable bonds is 5.